The minimum atomic E-state index is -1.40. The first-order valence-electron chi connectivity index (χ1n) is 12.2. The molecule has 0 N–H and O–H groups in total. The van der Waals surface area contributed by atoms with E-state index < -0.39 is 10.9 Å². The van der Waals surface area contributed by atoms with Gasteiger partial charge in [-0.25, -0.2) is 4.58 Å². The second kappa shape index (κ2) is 10.2. The lowest BCUT2D eigenvalue weighted by atomic mass is 9.90. The average molecular weight is 488 g/mol. The number of anilines is 1. The standard InChI is InChI=1S/C28H29N3O5/c1-5-29(6-2)18-9-13-22-25(16-18)36-26-17-19(30(7-3)8-4)10-14-23(26)27(22)24-15-20(31(34)35)11-12-21(24)28(32)33/h9-17H,5-8H2,1-4H3. The van der Waals surface area contributed by atoms with E-state index in [9.17, 15) is 20.0 Å². The minimum absolute atomic E-state index is 0.116. The molecule has 36 heavy (non-hydrogen) atoms. The second-order valence-corrected chi connectivity index (χ2v) is 8.46. The molecule has 2 aromatic rings. The second-order valence-electron chi connectivity index (χ2n) is 8.46. The maximum Gasteiger partial charge on any atom is 0.270 e. The molecular weight excluding hydrogens is 458 g/mol. The van der Waals surface area contributed by atoms with Crippen LogP contribution in [-0.2, 0) is 0 Å². The summed E-state index contributed by atoms with van der Waals surface area (Å²) < 4.78 is 8.58. The number of nitro benzene ring substituents is 1. The number of fused-ring (bicyclic) bond motifs is 2. The van der Waals surface area contributed by atoms with Crippen molar-refractivity contribution >= 4 is 28.3 Å². The number of hydrogen-bond acceptors (Lipinski definition) is 6. The van der Waals surface area contributed by atoms with Gasteiger partial charge in [-0.3, -0.25) is 10.1 Å². The van der Waals surface area contributed by atoms with Gasteiger partial charge in [0.15, 0.2) is 0 Å². The molecular formula is C28H29N3O5. The number of carbonyl (C=O) groups is 1. The summed E-state index contributed by atoms with van der Waals surface area (Å²) in [4.78, 5) is 25.3. The van der Waals surface area contributed by atoms with Crippen LogP contribution < -0.4 is 19.9 Å². The molecule has 0 aromatic heterocycles. The monoisotopic (exact) mass is 487 g/mol. The SMILES string of the molecule is CCN(CC)c1ccc2c(-c3cc([N+](=O)[O-])ccc3C(=O)[O-])c3ccc(=[N+](CC)CC)cc-3oc2c1. The van der Waals surface area contributed by atoms with Gasteiger partial charge in [0, 0.05) is 65.1 Å². The van der Waals surface area contributed by atoms with Crippen molar-refractivity contribution in [2.75, 3.05) is 31.1 Å². The largest absolute Gasteiger partial charge is 0.545 e. The Morgan fingerprint density at radius 2 is 1.64 bits per heavy atom. The van der Waals surface area contributed by atoms with Crippen molar-refractivity contribution in [3.05, 3.63) is 75.6 Å². The summed E-state index contributed by atoms with van der Waals surface area (Å²) in [7, 11) is 0. The van der Waals surface area contributed by atoms with E-state index in [0.29, 0.717) is 27.9 Å². The van der Waals surface area contributed by atoms with E-state index in [4.69, 9.17) is 4.42 Å². The van der Waals surface area contributed by atoms with Gasteiger partial charge in [0.25, 0.3) is 5.69 Å². The Labute approximate surface area is 209 Å². The molecule has 0 spiro atoms. The molecule has 0 saturated carbocycles. The highest BCUT2D eigenvalue weighted by molar-refractivity contribution is 6.07. The van der Waals surface area contributed by atoms with Crippen LogP contribution in [0.3, 0.4) is 0 Å². The Kier molecular flexibility index (Phi) is 7.05. The van der Waals surface area contributed by atoms with E-state index >= 15 is 0 Å². The van der Waals surface area contributed by atoms with Crippen molar-refractivity contribution in [2.24, 2.45) is 0 Å². The predicted molar refractivity (Wildman–Crippen MR) is 139 cm³/mol. The maximum absolute atomic E-state index is 12.1. The summed E-state index contributed by atoms with van der Waals surface area (Å²) in [6.07, 6.45) is 0. The third-order valence-electron chi connectivity index (χ3n) is 6.65. The van der Waals surface area contributed by atoms with E-state index in [1.807, 2.05) is 36.4 Å². The number of benzene rings is 3. The molecule has 0 amide bonds. The van der Waals surface area contributed by atoms with Crippen molar-refractivity contribution < 1.29 is 19.2 Å². The van der Waals surface area contributed by atoms with Crippen LogP contribution in [0.25, 0.3) is 33.4 Å². The van der Waals surface area contributed by atoms with Gasteiger partial charge >= 0.3 is 0 Å². The fourth-order valence-electron chi connectivity index (χ4n) is 4.76. The number of nitrogens with zero attached hydrogens (tertiary/aromatic N) is 3. The molecule has 0 radical (unpaired) electrons. The maximum atomic E-state index is 12.1. The van der Waals surface area contributed by atoms with Crippen molar-refractivity contribution in [1.82, 2.24) is 4.58 Å². The van der Waals surface area contributed by atoms with Gasteiger partial charge in [0.2, 0.25) is 5.36 Å². The highest BCUT2D eigenvalue weighted by atomic mass is 16.6. The van der Waals surface area contributed by atoms with Crippen LogP contribution in [0, 0.1) is 10.1 Å². The summed E-state index contributed by atoms with van der Waals surface area (Å²) >= 11 is 0. The van der Waals surface area contributed by atoms with E-state index in [0.717, 1.165) is 37.2 Å². The van der Waals surface area contributed by atoms with Crippen LogP contribution in [0.4, 0.5) is 11.4 Å². The molecule has 4 rings (SSSR count). The number of hydrogen-bond donors (Lipinski definition) is 0. The lowest BCUT2D eigenvalue weighted by Crippen LogP contribution is -2.29. The topological polar surface area (TPSA) is 103 Å². The predicted octanol–water partition coefficient (Wildman–Crippen LogP) is 4.13. The summed E-state index contributed by atoms with van der Waals surface area (Å²) in [5.41, 5.74) is 2.67. The summed E-state index contributed by atoms with van der Waals surface area (Å²) in [6.45, 7) is 11.5. The minimum Gasteiger partial charge on any atom is -0.545 e. The third-order valence-corrected chi connectivity index (χ3v) is 6.65. The highest BCUT2D eigenvalue weighted by Crippen LogP contribution is 2.42. The van der Waals surface area contributed by atoms with Crippen LogP contribution in [-0.4, -0.2) is 37.1 Å². The first-order valence-corrected chi connectivity index (χ1v) is 12.2. The zero-order chi connectivity index (χ0) is 26.0. The van der Waals surface area contributed by atoms with Crippen LogP contribution in [0.15, 0.2) is 59.0 Å². The van der Waals surface area contributed by atoms with Crippen molar-refractivity contribution in [3.8, 4) is 22.5 Å². The quantitative estimate of drug-likeness (QED) is 0.160. The molecule has 8 nitrogen and oxygen atoms in total. The van der Waals surface area contributed by atoms with Crippen LogP contribution in [0.2, 0.25) is 0 Å². The van der Waals surface area contributed by atoms with Gasteiger partial charge in [0.1, 0.15) is 24.4 Å². The molecule has 2 aliphatic rings. The average Bonchev–Trinajstić information content (AvgIpc) is 2.88. The molecule has 186 valence electrons. The zero-order valence-corrected chi connectivity index (χ0v) is 20.9. The highest BCUT2D eigenvalue weighted by Gasteiger charge is 2.23. The van der Waals surface area contributed by atoms with Crippen molar-refractivity contribution in [3.63, 3.8) is 0 Å². The van der Waals surface area contributed by atoms with E-state index in [1.54, 1.807) is 0 Å². The van der Waals surface area contributed by atoms with E-state index in [1.165, 1.54) is 18.2 Å². The smallest absolute Gasteiger partial charge is 0.270 e. The molecule has 1 aliphatic carbocycles. The number of carbonyl (C=O) groups excluding carboxylic acids is 1. The molecule has 0 bridgehead atoms. The van der Waals surface area contributed by atoms with Gasteiger partial charge in [-0.1, -0.05) is 0 Å². The van der Waals surface area contributed by atoms with E-state index in [-0.39, 0.29) is 16.8 Å². The van der Waals surface area contributed by atoms with Gasteiger partial charge in [-0.2, -0.15) is 0 Å². The summed E-state index contributed by atoms with van der Waals surface area (Å²) in [6, 6.07) is 15.3. The van der Waals surface area contributed by atoms with Gasteiger partial charge < -0.3 is 19.2 Å². The molecule has 0 atom stereocenters. The number of carboxylic acid groups (broad SMARTS) is 1. The fraction of sp³-hybridized carbons (Fsp3) is 0.286. The Morgan fingerprint density at radius 1 is 0.917 bits per heavy atom. The molecule has 1 heterocycles. The van der Waals surface area contributed by atoms with Crippen LogP contribution >= 0.6 is 0 Å². The Bertz CT molecular complexity index is 1500. The third kappa shape index (κ3) is 4.42. The van der Waals surface area contributed by atoms with Crippen LogP contribution in [0.5, 0.6) is 0 Å². The van der Waals surface area contributed by atoms with Gasteiger partial charge in [0.05, 0.1) is 17.0 Å². The molecule has 0 unspecified atom stereocenters. The number of carboxylic acids is 1. The lowest BCUT2D eigenvalue weighted by molar-refractivity contribution is -0.384. The lowest BCUT2D eigenvalue weighted by Gasteiger charge is -2.23. The molecule has 0 fully saturated rings. The summed E-state index contributed by atoms with van der Waals surface area (Å²) in [5, 5.41) is 25.3. The molecule has 1 aliphatic heterocycles. The van der Waals surface area contributed by atoms with Crippen LogP contribution in [0.1, 0.15) is 38.1 Å². The number of non-ortho nitro benzene ring substituents is 1. The molecule has 2 aromatic carbocycles. The number of nitro groups is 1. The van der Waals surface area contributed by atoms with Gasteiger partial charge in [-0.05, 0) is 57.5 Å². The first kappa shape index (κ1) is 24.9. The van der Waals surface area contributed by atoms with Crippen molar-refractivity contribution in [2.45, 2.75) is 27.7 Å². The zero-order valence-electron chi connectivity index (χ0n) is 20.9. The number of rotatable bonds is 8. The number of aromatic carboxylic acids is 1. The Hall–Kier alpha value is -4.20. The van der Waals surface area contributed by atoms with Gasteiger partial charge in [-0.15, -0.1) is 0 Å². The van der Waals surface area contributed by atoms with Crippen molar-refractivity contribution in [1.29, 1.82) is 0 Å². The summed E-state index contributed by atoms with van der Waals surface area (Å²) in [5.74, 6) is -0.837. The Morgan fingerprint density at radius 3 is 2.25 bits per heavy atom. The van der Waals surface area contributed by atoms with E-state index in [2.05, 4.69) is 37.2 Å². The fourth-order valence-corrected chi connectivity index (χ4v) is 4.76. The normalized spacial score (nSPS) is 11.1. The Balaban J connectivity index is 2.17. The molecule has 0 saturated heterocycles. The molecule has 8 heteroatoms. The first-order chi connectivity index (χ1) is 17.3.